The van der Waals surface area contributed by atoms with Crippen LogP contribution in [0.4, 0.5) is 11.4 Å². The van der Waals surface area contributed by atoms with Crippen molar-refractivity contribution in [2.45, 2.75) is 26.3 Å². The Labute approximate surface area is 147 Å². The lowest BCUT2D eigenvalue weighted by Gasteiger charge is -2.27. The summed E-state index contributed by atoms with van der Waals surface area (Å²) in [5.41, 5.74) is 3.19. The molecule has 0 bridgehead atoms. The summed E-state index contributed by atoms with van der Waals surface area (Å²) >= 11 is 0. The lowest BCUT2D eigenvalue weighted by molar-refractivity contribution is -0.121. The third kappa shape index (κ3) is 3.24. The predicted molar refractivity (Wildman–Crippen MR) is 96.3 cm³/mol. The number of fused-ring (bicyclic) bond motifs is 1. The smallest absolute Gasteiger partial charge is 0.247 e. The van der Waals surface area contributed by atoms with Crippen molar-refractivity contribution in [2.24, 2.45) is 0 Å². The fourth-order valence-electron chi connectivity index (χ4n) is 3.26. The zero-order chi connectivity index (χ0) is 18.0. The van der Waals surface area contributed by atoms with Gasteiger partial charge in [0.2, 0.25) is 11.8 Å². The molecule has 0 N–H and O–H groups in total. The highest BCUT2D eigenvalue weighted by atomic mass is 16.2. The van der Waals surface area contributed by atoms with Crippen LogP contribution >= 0.6 is 0 Å². The van der Waals surface area contributed by atoms with Crippen molar-refractivity contribution in [2.75, 3.05) is 16.3 Å². The first-order chi connectivity index (χ1) is 12.0. The van der Waals surface area contributed by atoms with E-state index in [2.05, 4.69) is 0 Å². The molecule has 1 aliphatic heterocycles. The molecule has 3 rings (SSSR count). The fourth-order valence-corrected chi connectivity index (χ4v) is 3.26. The van der Waals surface area contributed by atoms with Gasteiger partial charge in [0, 0.05) is 24.3 Å². The van der Waals surface area contributed by atoms with E-state index in [1.54, 1.807) is 29.2 Å². The number of amides is 2. The number of rotatable bonds is 3. The Hall–Kier alpha value is -3.13. The van der Waals surface area contributed by atoms with Crippen LogP contribution in [0.1, 0.15) is 25.0 Å². The second-order valence-electron chi connectivity index (χ2n) is 6.21. The Morgan fingerprint density at radius 2 is 1.88 bits per heavy atom. The number of nitriles is 1. The van der Waals surface area contributed by atoms with Gasteiger partial charge in [-0.15, -0.1) is 0 Å². The summed E-state index contributed by atoms with van der Waals surface area (Å²) in [6.07, 6.45) is 0.818. The molecule has 0 aliphatic carbocycles. The van der Waals surface area contributed by atoms with Gasteiger partial charge in [0.15, 0.2) is 0 Å². The van der Waals surface area contributed by atoms with E-state index in [1.165, 1.54) is 11.8 Å². The van der Waals surface area contributed by atoms with Gasteiger partial charge in [-0.2, -0.15) is 5.26 Å². The second kappa shape index (κ2) is 6.78. The number of carbonyl (C=O) groups excluding carboxylic acids is 2. The molecular weight excluding hydrogens is 314 g/mol. The van der Waals surface area contributed by atoms with E-state index >= 15 is 0 Å². The summed E-state index contributed by atoms with van der Waals surface area (Å²) in [6.45, 7) is 3.42. The van der Waals surface area contributed by atoms with Crippen LogP contribution in [0.2, 0.25) is 0 Å². The number of hydrogen-bond donors (Lipinski definition) is 0. The molecule has 0 spiro atoms. The van der Waals surface area contributed by atoms with E-state index in [1.807, 2.05) is 37.3 Å². The number of carbonyl (C=O) groups is 2. The van der Waals surface area contributed by atoms with Crippen molar-refractivity contribution in [3.8, 4) is 6.07 Å². The van der Waals surface area contributed by atoms with E-state index in [0.29, 0.717) is 11.3 Å². The Morgan fingerprint density at radius 1 is 1.20 bits per heavy atom. The first-order valence-corrected chi connectivity index (χ1v) is 8.19. The normalized spacial score (nSPS) is 15.4. The van der Waals surface area contributed by atoms with Gasteiger partial charge in [-0.05, 0) is 49.2 Å². The highest BCUT2D eigenvalue weighted by Crippen LogP contribution is 2.32. The molecule has 25 heavy (non-hydrogen) atoms. The maximum atomic E-state index is 12.9. The average molecular weight is 333 g/mol. The monoisotopic (exact) mass is 333 g/mol. The summed E-state index contributed by atoms with van der Waals surface area (Å²) in [4.78, 5) is 28.2. The number of anilines is 2. The highest BCUT2D eigenvalue weighted by Gasteiger charge is 2.31. The van der Waals surface area contributed by atoms with Gasteiger partial charge in [0.05, 0.1) is 11.6 Å². The van der Waals surface area contributed by atoms with E-state index in [-0.39, 0.29) is 24.4 Å². The molecule has 0 radical (unpaired) electrons. The van der Waals surface area contributed by atoms with Crippen molar-refractivity contribution in [3.63, 3.8) is 0 Å². The minimum absolute atomic E-state index is 0.0279. The maximum Gasteiger partial charge on any atom is 0.247 e. The fraction of sp³-hybridized carbons (Fsp3) is 0.250. The van der Waals surface area contributed by atoms with Crippen molar-refractivity contribution < 1.29 is 9.59 Å². The largest absolute Gasteiger partial charge is 0.307 e. The van der Waals surface area contributed by atoms with E-state index in [0.717, 1.165) is 17.7 Å². The van der Waals surface area contributed by atoms with Gasteiger partial charge in [0.25, 0.3) is 0 Å². The summed E-state index contributed by atoms with van der Waals surface area (Å²) in [5.74, 6) is -0.324. The Kier molecular flexibility index (Phi) is 4.53. The molecule has 1 aliphatic rings. The zero-order valence-corrected chi connectivity index (χ0v) is 14.3. The van der Waals surface area contributed by atoms with Crippen LogP contribution in [0.15, 0.2) is 48.5 Å². The molecule has 2 aromatic carbocycles. The molecule has 1 unspecified atom stereocenters. The molecule has 1 heterocycles. The van der Waals surface area contributed by atoms with Gasteiger partial charge < -0.3 is 9.80 Å². The summed E-state index contributed by atoms with van der Waals surface area (Å²) in [7, 11) is 0. The quantitative estimate of drug-likeness (QED) is 0.867. The standard InChI is InChI=1S/C20H19N3O2/c1-14-11-17-5-3-4-6-19(17)23(14)20(25)13-22(15(2)24)18-9-7-16(12-21)8-10-18/h3-10,14H,11,13H2,1-2H3. The lowest BCUT2D eigenvalue weighted by atomic mass is 10.1. The van der Waals surface area contributed by atoms with Crippen LogP contribution in [0.25, 0.3) is 0 Å². The maximum absolute atomic E-state index is 12.9. The van der Waals surface area contributed by atoms with Crippen molar-refractivity contribution in [1.82, 2.24) is 0 Å². The molecule has 126 valence electrons. The average Bonchev–Trinajstić information content (AvgIpc) is 2.95. The number of hydrogen-bond acceptors (Lipinski definition) is 3. The SMILES string of the molecule is CC(=O)N(CC(=O)N1c2ccccc2CC1C)c1ccc(C#N)cc1. The number of para-hydroxylation sites is 1. The number of nitrogens with zero attached hydrogens (tertiary/aromatic N) is 3. The number of benzene rings is 2. The van der Waals surface area contributed by atoms with Crippen molar-refractivity contribution >= 4 is 23.2 Å². The van der Waals surface area contributed by atoms with Gasteiger partial charge in [-0.3, -0.25) is 9.59 Å². The third-order valence-corrected chi connectivity index (χ3v) is 4.46. The molecule has 2 aromatic rings. The van der Waals surface area contributed by atoms with Crippen LogP contribution in [0, 0.1) is 11.3 Å². The van der Waals surface area contributed by atoms with Gasteiger partial charge in [0.1, 0.15) is 6.54 Å². The van der Waals surface area contributed by atoms with E-state index < -0.39 is 0 Å². The topological polar surface area (TPSA) is 64.4 Å². The Bertz CT molecular complexity index is 852. The van der Waals surface area contributed by atoms with Crippen LogP contribution in [0.3, 0.4) is 0 Å². The van der Waals surface area contributed by atoms with Gasteiger partial charge >= 0.3 is 0 Å². The molecule has 0 saturated carbocycles. The van der Waals surface area contributed by atoms with Crippen LogP contribution in [0.5, 0.6) is 0 Å². The predicted octanol–water partition coefficient (Wildman–Crippen LogP) is 2.89. The van der Waals surface area contributed by atoms with Crippen LogP contribution in [-0.2, 0) is 16.0 Å². The second-order valence-corrected chi connectivity index (χ2v) is 6.21. The Morgan fingerprint density at radius 3 is 2.52 bits per heavy atom. The highest BCUT2D eigenvalue weighted by molar-refractivity contribution is 6.04. The first-order valence-electron chi connectivity index (χ1n) is 8.19. The summed E-state index contributed by atoms with van der Waals surface area (Å²) in [6, 6.07) is 16.6. The minimum atomic E-state index is -0.210. The van der Waals surface area contributed by atoms with Crippen LogP contribution in [-0.4, -0.2) is 24.4 Å². The molecule has 0 fully saturated rings. The first kappa shape index (κ1) is 16.7. The van der Waals surface area contributed by atoms with Crippen molar-refractivity contribution in [1.29, 1.82) is 5.26 Å². The minimum Gasteiger partial charge on any atom is -0.307 e. The lowest BCUT2D eigenvalue weighted by Crippen LogP contribution is -2.44. The molecule has 1 atom stereocenters. The van der Waals surface area contributed by atoms with Crippen LogP contribution < -0.4 is 9.80 Å². The molecule has 5 heteroatoms. The van der Waals surface area contributed by atoms with Gasteiger partial charge in [-0.25, -0.2) is 0 Å². The van der Waals surface area contributed by atoms with E-state index in [9.17, 15) is 9.59 Å². The van der Waals surface area contributed by atoms with Crippen molar-refractivity contribution in [3.05, 3.63) is 59.7 Å². The molecule has 5 nitrogen and oxygen atoms in total. The molecule has 2 amide bonds. The molecular formula is C20H19N3O2. The summed E-state index contributed by atoms with van der Waals surface area (Å²) < 4.78 is 0. The summed E-state index contributed by atoms with van der Waals surface area (Å²) in [5, 5.41) is 8.90. The zero-order valence-electron chi connectivity index (χ0n) is 14.3. The Balaban J connectivity index is 1.84. The molecule has 0 saturated heterocycles. The third-order valence-electron chi connectivity index (χ3n) is 4.46. The van der Waals surface area contributed by atoms with Gasteiger partial charge in [-0.1, -0.05) is 18.2 Å². The van der Waals surface area contributed by atoms with E-state index in [4.69, 9.17) is 5.26 Å². The molecule has 0 aromatic heterocycles.